The summed E-state index contributed by atoms with van der Waals surface area (Å²) in [5.41, 5.74) is 0.630. The molecule has 0 atom stereocenters. The highest BCUT2D eigenvalue weighted by Crippen LogP contribution is 2.16. The average Bonchev–Trinajstić information content (AvgIpc) is 2.28. The van der Waals surface area contributed by atoms with Crippen molar-refractivity contribution in [3.63, 3.8) is 0 Å². The number of rotatable bonds is 1. The van der Waals surface area contributed by atoms with Crippen LogP contribution in [0, 0.1) is 0 Å². The van der Waals surface area contributed by atoms with Gasteiger partial charge in [-0.3, -0.25) is 19.9 Å². The molecule has 4 heteroatoms. The van der Waals surface area contributed by atoms with Crippen molar-refractivity contribution in [2.45, 2.75) is 6.92 Å². The first-order valence-electron chi connectivity index (χ1n) is 3.39. The van der Waals surface area contributed by atoms with Crippen LogP contribution in [0.1, 0.15) is 6.92 Å². The number of nitrogens with one attached hydrogen (secondary N) is 1. The Morgan fingerprint density at radius 3 is 2.42 bits per heavy atom. The Kier molecular flexibility index (Phi) is 2.19. The lowest BCUT2D eigenvalue weighted by Gasteiger charge is -1.89. The lowest BCUT2D eigenvalue weighted by Crippen LogP contribution is -2.19. The van der Waals surface area contributed by atoms with E-state index in [1.807, 2.05) is 0 Å². The maximum Gasteiger partial charge on any atom is 0.260 e. The first-order valence-corrected chi connectivity index (χ1v) is 3.39. The minimum atomic E-state index is -0.416. The molecule has 1 rings (SSSR count). The highest BCUT2D eigenvalue weighted by molar-refractivity contribution is 6.24. The van der Waals surface area contributed by atoms with Crippen LogP contribution in [0.4, 0.5) is 0 Å². The highest BCUT2D eigenvalue weighted by atomic mass is 16.2. The van der Waals surface area contributed by atoms with Crippen molar-refractivity contribution < 1.29 is 9.59 Å². The first-order chi connectivity index (χ1) is 5.70. The maximum absolute atomic E-state index is 11.0. The monoisotopic (exact) mass is 164 g/mol. The van der Waals surface area contributed by atoms with Gasteiger partial charge in [0.1, 0.15) is 0 Å². The van der Waals surface area contributed by atoms with E-state index in [0.29, 0.717) is 5.57 Å². The number of imide groups is 1. The van der Waals surface area contributed by atoms with Crippen molar-refractivity contribution >= 4 is 18.5 Å². The van der Waals surface area contributed by atoms with Gasteiger partial charge in [-0.2, -0.15) is 0 Å². The number of carbonyl (C=O) groups is 2. The molecule has 2 amide bonds. The van der Waals surface area contributed by atoms with Crippen LogP contribution in [-0.4, -0.2) is 18.5 Å². The average molecular weight is 164 g/mol. The Labute approximate surface area is 69.7 Å². The van der Waals surface area contributed by atoms with Crippen LogP contribution in [0.5, 0.6) is 0 Å². The Morgan fingerprint density at radius 2 is 1.92 bits per heavy atom. The molecular weight excluding hydrogens is 156 g/mol. The van der Waals surface area contributed by atoms with Crippen LogP contribution in [-0.2, 0) is 9.59 Å². The molecule has 1 saturated heterocycles. The Balaban J connectivity index is 3.15. The van der Waals surface area contributed by atoms with E-state index in [9.17, 15) is 9.59 Å². The Hall–Kier alpha value is -1.71. The summed E-state index contributed by atoms with van der Waals surface area (Å²) in [7, 11) is 0. The number of allylic oxidation sites excluding steroid dienone is 1. The van der Waals surface area contributed by atoms with Crippen molar-refractivity contribution in [3.8, 4) is 0 Å². The molecule has 0 saturated carbocycles. The standard InChI is InChI=1S/C8H8N2O2/c1-3-5-6(4-9-2)8(12)10-7(5)11/h3-4H,2H2,1H3,(H,10,11,12)/b5-3+,6-4+. The summed E-state index contributed by atoms with van der Waals surface area (Å²) < 4.78 is 0. The smallest absolute Gasteiger partial charge is 0.260 e. The van der Waals surface area contributed by atoms with Crippen molar-refractivity contribution in [2.75, 3.05) is 0 Å². The number of aliphatic imine (C=N–C) groups is 1. The molecule has 1 aliphatic rings. The lowest BCUT2D eigenvalue weighted by atomic mass is 10.1. The van der Waals surface area contributed by atoms with Gasteiger partial charge in [-0.1, -0.05) is 6.08 Å². The van der Waals surface area contributed by atoms with Crippen molar-refractivity contribution in [3.05, 3.63) is 23.4 Å². The van der Waals surface area contributed by atoms with Gasteiger partial charge in [0, 0.05) is 11.8 Å². The number of carbonyl (C=O) groups excluding carboxylic acids is 2. The lowest BCUT2D eigenvalue weighted by molar-refractivity contribution is -0.123. The first kappa shape index (κ1) is 8.39. The van der Waals surface area contributed by atoms with E-state index >= 15 is 0 Å². The molecule has 1 aliphatic heterocycles. The SMILES string of the molecule is C=N/C=C1/C(=O)NC(=O)/C1=C/C. The van der Waals surface area contributed by atoms with E-state index in [0.717, 1.165) is 0 Å². The number of hydrogen-bond acceptors (Lipinski definition) is 3. The van der Waals surface area contributed by atoms with Crippen LogP contribution in [0.2, 0.25) is 0 Å². The summed E-state index contributed by atoms with van der Waals surface area (Å²) >= 11 is 0. The van der Waals surface area contributed by atoms with Crippen LogP contribution < -0.4 is 5.32 Å². The van der Waals surface area contributed by atoms with Crippen LogP contribution >= 0.6 is 0 Å². The van der Waals surface area contributed by atoms with E-state index in [4.69, 9.17) is 0 Å². The van der Waals surface area contributed by atoms with Crippen molar-refractivity contribution in [1.82, 2.24) is 5.32 Å². The molecule has 0 aliphatic carbocycles. The number of hydrogen-bond donors (Lipinski definition) is 1. The van der Waals surface area contributed by atoms with Gasteiger partial charge in [-0.05, 0) is 13.6 Å². The molecule has 0 aromatic heterocycles. The quantitative estimate of drug-likeness (QED) is 0.341. The zero-order valence-electron chi connectivity index (χ0n) is 6.63. The Bertz CT molecular complexity index is 313. The molecule has 1 fully saturated rings. The molecule has 0 radical (unpaired) electrons. The molecule has 4 nitrogen and oxygen atoms in total. The minimum Gasteiger partial charge on any atom is -0.288 e. The van der Waals surface area contributed by atoms with Crippen LogP contribution in [0.25, 0.3) is 0 Å². The topological polar surface area (TPSA) is 58.5 Å². The summed E-state index contributed by atoms with van der Waals surface area (Å²) in [4.78, 5) is 25.4. The van der Waals surface area contributed by atoms with E-state index in [1.54, 1.807) is 13.0 Å². The fourth-order valence-electron chi connectivity index (χ4n) is 0.988. The molecule has 1 heterocycles. The molecular formula is C8H8N2O2. The molecule has 12 heavy (non-hydrogen) atoms. The van der Waals surface area contributed by atoms with Crippen molar-refractivity contribution in [1.29, 1.82) is 0 Å². The van der Waals surface area contributed by atoms with Gasteiger partial charge in [0.15, 0.2) is 0 Å². The molecule has 62 valence electrons. The van der Waals surface area contributed by atoms with Gasteiger partial charge < -0.3 is 0 Å². The van der Waals surface area contributed by atoms with E-state index in [-0.39, 0.29) is 11.5 Å². The predicted octanol–water partition coefficient (Wildman–Crippen LogP) is 0.174. The van der Waals surface area contributed by atoms with Gasteiger partial charge in [0.25, 0.3) is 11.8 Å². The second-order valence-electron chi connectivity index (χ2n) is 2.21. The molecule has 0 aromatic carbocycles. The minimum absolute atomic E-state index is 0.275. The largest absolute Gasteiger partial charge is 0.288 e. The van der Waals surface area contributed by atoms with E-state index in [1.165, 1.54) is 6.20 Å². The zero-order valence-corrected chi connectivity index (χ0v) is 6.63. The third-order valence-electron chi connectivity index (χ3n) is 1.52. The van der Waals surface area contributed by atoms with Crippen molar-refractivity contribution in [2.24, 2.45) is 4.99 Å². The highest BCUT2D eigenvalue weighted by Gasteiger charge is 2.29. The molecule has 1 N–H and O–H groups in total. The van der Waals surface area contributed by atoms with Gasteiger partial charge in [-0.25, -0.2) is 0 Å². The van der Waals surface area contributed by atoms with Gasteiger partial charge in [0.05, 0.1) is 5.57 Å². The molecule has 0 unspecified atom stereocenters. The third-order valence-corrected chi connectivity index (χ3v) is 1.52. The summed E-state index contributed by atoms with van der Waals surface area (Å²) in [6, 6.07) is 0. The predicted molar refractivity (Wildman–Crippen MR) is 44.5 cm³/mol. The number of nitrogens with zero attached hydrogens (tertiary/aromatic N) is 1. The second kappa shape index (κ2) is 3.13. The zero-order chi connectivity index (χ0) is 9.14. The summed E-state index contributed by atoms with van der Waals surface area (Å²) in [5, 5.41) is 2.15. The fraction of sp³-hybridized carbons (Fsp3) is 0.125. The molecule has 0 spiro atoms. The summed E-state index contributed by atoms with van der Waals surface area (Å²) in [6.45, 7) is 4.89. The normalized spacial score (nSPS) is 23.4. The van der Waals surface area contributed by atoms with Crippen LogP contribution in [0.15, 0.2) is 28.4 Å². The van der Waals surface area contributed by atoms with E-state index < -0.39 is 5.91 Å². The second-order valence-corrected chi connectivity index (χ2v) is 2.21. The van der Waals surface area contributed by atoms with Crippen LogP contribution in [0.3, 0.4) is 0 Å². The van der Waals surface area contributed by atoms with Gasteiger partial charge in [-0.15, -0.1) is 0 Å². The summed E-state index contributed by atoms with van der Waals surface area (Å²) in [6.07, 6.45) is 2.84. The Morgan fingerprint density at radius 1 is 1.33 bits per heavy atom. The molecule has 0 aromatic rings. The summed E-state index contributed by atoms with van der Waals surface area (Å²) in [5.74, 6) is -0.794. The third kappa shape index (κ3) is 1.18. The van der Waals surface area contributed by atoms with Gasteiger partial charge >= 0.3 is 0 Å². The molecule has 0 bridgehead atoms. The number of amides is 2. The van der Waals surface area contributed by atoms with E-state index in [2.05, 4.69) is 17.0 Å². The maximum atomic E-state index is 11.0. The van der Waals surface area contributed by atoms with Gasteiger partial charge in [0.2, 0.25) is 0 Å². The fourth-order valence-corrected chi connectivity index (χ4v) is 0.988.